The molecule has 185 valence electrons. The van der Waals surface area contributed by atoms with Crippen molar-refractivity contribution in [2.24, 2.45) is 0 Å². The Kier molecular flexibility index (Phi) is 8.76. The normalized spacial score (nSPS) is 12.7. The predicted octanol–water partition coefficient (Wildman–Crippen LogP) is 6.29. The number of carbonyl (C=O) groups excluding carboxylic acids is 2. The lowest BCUT2D eigenvalue weighted by atomic mass is 9.76. The summed E-state index contributed by atoms with van der Waals surface area (Å²) in [6, 6.07) is 10.8. The highest BCUT2D eigenvalue weighted by atomic mass is 16.5. The fourth-order valence-corrected chi connectivity index (χ4v) is 3.61. The lowest BCUT2D eigenvalue weighted by Gasteiger charge is -2.31. The van der Waals surface area contributed by atoms with E-state index >= 15 is 0 Å². The van der Waals surface area contributed by atoms with Crippen molar-refractivity contribution >= 4 is 17.5 Å². The molecule has 0 fully saturated rings. The van der Waals surface area contributed by atoms with E-state index in [4.69, 9.17) is 15.2 Å². The second-order valence-corrected chi connectivity index (χ2v) is 9.93. The van der Waals surface area contributed by atoms with Crippen molar-refractivity contribution in [3.8, 4) is 11.5 Å². The van der Waals surface area contributed by atoms with Gasteiger partial charge in [0, 0.05) is 11.1 Å². The number of hydrogen-bond acceptors (Lipinski definition) is 4. The molecule has 0 aliphatic rings. The molecule has 0 aliphatic carbocycles. The first-order valence-electron chi connectivity index (χ1n) is 12.0. The number of amides is 2. The van der Waals surface area contributed by atoms with Gasteiger partial charge in [-0.15, -0.1) is 0 Å². The van der Waals surface area contributed by atoms with Crippen LogP contribution in [-0.4, -0.2) is 25.0 Å². The zero-order valence-corrected chi connectivity index (χ0v) is 21.8. The molecule has 0 saturated heterocycles. The van der Waals surface area contributed by atoms with E-state index in [1.807, 2.05) is 13.0 Å². The van der Waals surface area contributed by atoms with Crippen LogP contribution >= 0.6 is 0 Å². The summed E-state index contributed by atoms with van der Waals surface area (Å²) in [7, 11) is 1.49. The molecule has 6 heteroatoms. The molecule has 34 heavy (non-hydrogen) atoms. The van der Waals surface area contributed by atoms with Crippen LogP contribution in [0.1, 0.15) is 89.2 Å². The monoisotopic (exact) mass is 467 g/mol. The summed E-state index contributed by atoms with van der Waals surface area (Å²) in [5.74, 6) is -0.0599. The van der Waals surface area contributed by atoms with Crippen molar-refractivity contribution in [3.63, 3.8) is 0 Å². The Morgan fingerprint density at radius 1 is 0.941 bits per heavy atom. The minimum absolute atomic E-state index is 0.0372. The molecule has 2 N–H and O–H groups in total. The van der Waals surface area contributed by atoms with E-state index in [2.05, 4.69) is 59.0 Å². The van der Waals surface area contributed by atoms with Crippen LogP contribution in [0, 0.1) is 0 Å². The Morgan fingerprint density at radius 3 is 2.09 bits per heavy atom. The number of benzene rings is 2. The quantitative estimate of drug-likeness (QED) is 0.421. The van der Waals surface area contributed by atoms with E-state index in [0.29, 0.717) is 23.6 Å². The van der Waals surface area contributed by atoms with Crippen LogP contribution in [0.3, 0.4) is 0 Å². The first-order valence-corrected chi connectivity index (χ1v) is 12.0. The molecule has 2 aromatic rings. The second kappa shape index (κ2) is 10.9. The molecule has 2 aromatic carbocycles. The first kappa shape index (κ1) is 27.2. The lowest BCUT2D eigenvalue weighted by molar-refractivity contribution is -0.122. The maximum atomic E-state index is 13.2. The molecule has 0 spiro atoms. The van der Waals surface area contributed by atoms with E-state index in [9.17, 15) is 9.59 Å². The number of nitrogens with one attached hydrogen (secondary N) is 2. The number of ether oxygens (including phenoxy) is 2. The van der Waals surface area contributed by atoms with Crippen LogP contribution in [0.4, 0.5) is 5.69 Å². The molecule has 1 radical (unpaired) electrons. The minimum atomic E-state index is -0.831. The summed E-state index contributed by atoms with van der Waals surface area (Å²) >= 11 is 0. The molecule has 1 atom stereocenters. The van der Waals surface area contributed by atoms with Crippen molar-refractivity contribution in [1.29, 1.82) is 0 Å². The summed E-state index contributed by atoms with van der Waals surface area (Å²) in [4.78, 5) is 24.7. The summed E-state index contributed by atoms with van der Waals surface area (Å²) < 4.78 is 11.6. The van der Waals surface area contributed by atoms with Crippen LogP contribution < -0.4 is 20.5 Å². The van der Waals surface area contributed by atoms with Crippen LogP contribution in [0.2, 0.25) is 0 Å². The number of hydrogen-bond donors (Lipinski definition) is 1. The topological polar surface area (TPSA) is 88.4 Å². The smallest absolute Gasteiger partial charge is 0.269 e. The third kappa shape index (κ3) is 6.10. The molecule has 0 aliphatic heterocycles. The fraction of sp³-hybridized carbons (Fsp3) is 0.500. The molecule has 0 heterocycles. The fourth-order valence-electron chi connectivity index (χ4n) is 3.61. The SMILES string of the molecule is CCC(Oc1ccc(C(C)(C)CC)cc1C(C)(C)CC)C(=O)Nc1cc(C([NH])=O)ccc1OC. The molecule has 2 rings (SSSR count). The van der Waals surface area contributed by atoms with Gasteiger partial charge in [0.1, 0.15) is 11.5 Å². The zero-order chi connectivity index (χ0) is 25.7. The van der Waals surface area contributed by atoms with Crippen molar-refractivity contribution in [2.45, 2.75) is 84.7 Å². The highest BCUT2D eigenvalue weighted by Gasteiger charge is 2.29. The van der Waals surface area contributed by atoms with Crippen LogP contribution in [0.25, 0.3) is 0 Å². The van der Waals surface area contributed by atoms with E-state index in [0.717, 1.165) is 18.4 Å². The largest absolute Gasteiger partial charge is 0.495 e. The summed E-state index contributed by atoms with van der Waals surface area (Å²) in [6.45, 7) is 15.1. The van der Waals surface area contributed by atoms with Gasteiger partial charge in [-0.2, -0.15) is 0 Å². The van der Waals surface area contributed by atoms with Gasteiger partial charge in [0.15, 0.2) is 6.10 Å². The molecule has 2 amide bonds. The third-order valence-electron chi connectivity index (χ3n) is 6.91. The summed E-state index contributed by atoms with van der Waals surface area (Å²) in [5.41, 5.74) is 10.1. The van der Waals surface area contributed by atoms with Gasteiger partial charge in [-0.1, -0.05) is 60.6 Å². The molecule has 0 saturated carbocycles. The van der Waals surface area contributed by atoms with Crippen LogP contribution in [-0.2, 0) is 15.6 Å². The average Bonchev–Trinajstić information content (AvgIpc) is 2.82. The standard InChI is InChI=1S/C28H39N2O4/c1-9-22(26(32)30-21-16-18(25(29)31)12-14-24(21)33-8)34-23-15-13-19(27(4,5)10-2)17-20(23)28(6,7)11-3/h12-17,22,29H,9-11H2,1-8H3,(H,30,32). The first-order chi connectivity index (χ1) is 15.9. The molecular formula is C28H39N2O4. The van der Waals surface area contributed by atoms with Gasteiger partial charge in [0.25, 0.3) is 11.8 Å². The van der Waals surface area contributed by atoms with Crippen molar-refractivity contribution in [3.05, 3.63) is 53.1 Å². The summed E-state index contributed by atoms with van der Waals surface area (Å²) in [6.07, 6.45) is 1.66. The molecule has 1 unspecified atom stereocenters. The van der Waals surface area contributed by atoms with Gasteiger partial charge in [0.05, 0.1) is 12.8 Å². The second-order valence-electron chi connectivity index (χ2n) is 9.93. The Bertz CT molecular complexity index is 1030. The van der Waals surface area contributed by atoms with Gasteiger partial charge in [-0.3, -0.25) is 15.3 Å². The van der Waals surface area contributed by atoms with E-state index in [-0.39, 0.29) is 22.3 Å². The molecular weight excluding hydrogens is 428 g/mol. The average molecular weight is 468 g/mol. The Morgan fingerprint density at radius 2 is 1.56 bits per heavy atom. The highest BCUT2D eigenvalue weighted by molar-refractivity contribution is 5.98. The maximum absolute atomic E-state index is 13.2. The minimum Gasteiger partial charge on any atom is -0.495 e. The number of methoxy groups -OCH3 is 1. The van der Waals surface area contributed by atoms with Crippen molar-refractivity contribution in [1.82, 2.24) is 5.73 Å². The lowest BCUT2D eigenvalue weighted by Crippen LogP contribution is -2.33. The Labute approximate surface area is 204 Å². The van der Waals surface area contributed by atoms with Gasteiger partial charge in [-0.25, -0.2) is 0 Å². The van der Waals surface area contributed by atoms with Gasteiger partial charge in [-0.05, 0) is 59.9 Å². The third-order valence-corrected chi connectivity index (χ3v) is 6.91. The zero-order valence-electron chi connectivity index (χ0n) is 21.8. The Balaban J connectivity index is 2.40. The van der Waals surface area contributed by atoms with Gasteiger partial charge >= 0.3 is 0 Å². The number of rotatable bonds is 11. The highest BCUT2D eigenvalue weighted by Crippen LogP contribution is 2.39. The Hall–Kier alpha value is -3.02. The van der Waals surface area contributed by atoms with E-state index < -0.39 is 12.0 Å². The number of carbonyl (C=O) groups is 2. The van der Waals surface area contributed by atoms with Gasteiger partial charge < -0.3 is 14.8 Å². The molecule has 6 nitrogen and oxygen atoms in total. The summed E-state index contributed by atoms with van der Waals surface area (Å²) in [5, 5.41) is 2.82. The van der Waals surface area contributed by atoms with Crippen molar-refractivity contribution in [2.75, 3.05) is 12.4 Å². The molecule has 0 bridgehead atoms. The van der Waals surface area contributed by atoms with E-state index in [1.165, 1.54) is 24.8 Å². The van der Waals surface area contributed by atoms with Crippen LogP contribution in [0.15, 0.2) is 36.4 Å². The predicted molar refractivity (Wildman–Crippen MR) is 137 cm³/mol. The van der Waals surface area contributed by atoms with Crippen molar-refractivity contribution < 1.29 is 19.1 Å². The van der Waals surface area contributed by atoms with Crippen LogP contribution in [0.5, 0.6) is 11.5 Å². The maximum Gasteiger partial charge on any atom is 0.269 e. The molecule has 0 aromatic heterocycles. The number of anilines is 1. The van der Waals surface area contributed by atoms with Gasteiger partial charge in [0.2, 0.25) is 0 Å². The van der Waals surface area contributed by atoms with E-state index in [1.54, 1.807) is 6.07 Å².